The molecular weight excluding hydrogens is 274 g/mol. The summed E-state index contributed by atoms with van der Waals surface area (Å²) in [7, 11) is 0. The molecule has 2 fully saturated rings. The zero-order chi connectivity index (χ0) is 14.2. The summed E-state index contributed by atoms with van der Waals surface area (Å²) in [5, 5.41) is 2.91. The molecule has 3 heterocycles. The standard InChI is InChI=1S/C14H17N3O2S/c1-14-5-4-12(18)17(14)11(9-20-14)13(19)16-8-10-3-2-6-15-7-10/h2-3,6-7,11H,4-5,8-9H2,1H3,(H,16,19)/t11-,14-/m0/s1. The fourth-order valence-electron chi connectivity index (χ4n) is 2.82. The van der Waals surface area contributed by atoms with E-state index in [0.717, 1.165) is 12.0 Å². The maximum atomic E-state index is 12.3. The Morgan fingerprint density at radius 2 is 2.50 bits per heavy atom. The first-order valence-electron chi connectivity index (χ1n) is 6.73. The van der Waals surface area contributed by atoms with Crippen LogP contribution in [-0.4, -0.2) is 38.4 Å². The molecule has 3 rings (SSSR count). The molecule has 1 aromatic heterocycles. The van der Waals surface area contributed by atoms with Gasteiger partial charge in [-0.2, -0.15) is 0 Å². The first-order chi connectivity index (χ1) is 9.60. The molecule has 0 aliphatic carbocycles. The smallest absolute Gasteiger partial charge is 0.243 e. The Balaban J connectivity index is 1.65. The molecule has 5 nitrogen and oxygen atoms in total. The van der Waals surface area contributed by atoms with Crippen molar-refractivity contribution in [1.29, 1.82) is 0 Å². The van der Waals surface area contributed by atoms with Crippen molar-refractivity contribution in [3.05, 3.63) is 30.1 Å². The van der Waals surface area contributed by atoms with Crippen molar-refractivity contribution in [2.45, 2.75) is 37.2 Å². The van der Waals surface area contributed by atoms with Crippen LogP contribution in [0.2, 0.25) is 0 Å². The van der Waals surface area contributed by atoms with Gasteiger partial charge >= 0.3 is 0 Å². The van der Waals surface area contributed by atoms with Gasteiger partial charge in [0.05, 0.1) is 4.87 Å². The Labute approximate surface area is 122 Å². The van der Waals surface area contributed by atoms with Gasteiger partial charge in [0, 0.05) is 31.1 Å². The third-order valence-electron chi connectivity index (χ3n) is 3.94. The van der Waals surface area contributed by atoms with Gasteiger partial charge in [-0.15, -0.1) is 11.8 Å². The van der Waals surface area contributed by atoms with E-state index in [1.807, 2.05) is 12.1 Å². The highest BCUT2D eigenvalue weighted by Gasteiger charge is 2.52. The van der Waals surface area contributed by atoms with Crippen LogP contribution >= 0.6 is 11.8 Å². The van der Waals surface area contributed by atoms with E-state index in [1.54, 1.807) is 29.1 Å². The molecule has 1 N–H and O–H groups in total. The monoisotopic (exact) mass is 291 g/mol. The Kier molecular flexibility index (Phi) is 3.41. The van der Waals surface area contributed by atoms with Crippen molar-refractivity contribution in [3.63, 3.8) is 0 Å². The van der Waals surface area contributed by atoms with Gasteiger partial charge in [0.15, 0.2) is 0 Å². The van der Waals surface area contributed by atoms with Crippen LogP contribution in [0.25, 0.3) is 0 Å². The van der Waals surface area contributed by atoms with Crippen LogP contribution in [-0.2, 0) is 16.1 Å². The van der Waals surface area contributed by atoms with E-state index in [-0.39, 0.29) is 22.7 Å². The molecule has 0 spiro atoms. The summed E-state index contributed by atoms with van der Waals surface area (Å²) < 4.78 is 0. The van der Waals surface area contributed by atoms with E-state index >= 15 is 0 Å². The second-order valence-corrected chi connectivity index (χ2v) is 6.85. The molecule has 20 heavy (non-hydrogen) atoms. The molecule has 0 radical (unpaired) electrons. The van der Waals surface area contributed by atoms with E-state index in [4.69, 9.17) is 0 Å². The number of thioether (sulfide) groups is 1. The van der Waals surface area contributed by atoms with Crippen molar-refractivity contribution < 1.29 is 9.59 Å². The molecule has 0 saturated carbocycles. The minimum Gasteiger partial charge on any atom is -0.350 e. The van der Waals surface area contributed by atoms with Crippen LogP contribution in [0.3, 0.4) is 0 Å². The van der Waals surface area contributed by atoms with E-state index < -0.39 is 0 Å². The minimum absolute atomic E-state index is 0.0691. The van der Waals surface area contributed by atoms with E-state index in [9.17, 15) is 9.59 Å². The Morgan fingerprint density at radius 1 is 1.65 bits per heavy atom. The van der Waals surface area contributed by atoms with Gasteiger partial charge in [-0.3, -0.25) is 14.6 Å². The summed E-state index contributed by atoms with van der Waals surface area (Å²) in [6, 6.07) is 3.42. The number of aromatic nitrogens is 1. The first-order valence-corrected chi connectivity index (χ1v) is 7.71. The largest absolute Gasteiger partial charge is 0.350 e. The lowest BCUT2D eigenvalue weighted by Crippen LogP contribution is -2.49. The summed E-state index contributed by atoms with van der Waals surface area (Å²) >= 11 is 1.71. The normalized spacial score (nSPS) is 28.6. The molecule has 2 aliphatic heterocycles. The van der Waals surface area contributed by atoms with E-state index in [1.165, 1.54) is 0 Å². The minimum atomic E-state index is -0.336. The number of hydrogen-bond donors (Lipinski definition) is 1. The zero-order valence-electron chi connectivity index (χ0n) is 11.3. The number of fused-ring (bicyclic) bond motifs is 1. The van der Waals surface area contributed by atoms with Crippen LogP contribution < -0.4 is 5.32 Å². The fraction of sp³-hybridized carbons (Fsp3) is 0.500. The van der Waals surface area contributed by atoms with Gasteiger partial charge in [0.2, 0.25) is 11.8 Å². The number of nitrogens with zero attached hydrogens (tertiary/aromatic N) is 2. The number of carbonyl (C=O) groups is 2. The number of nitrogens with one attached hydrogen (secondary N) is 1. The van der Waals surface area contributed by atoms with Crippen LogP contribution in [0.15, 0.2) is 24.5 Å². The number of carbonyl (C=O) groups excluding carboxylic acids is 2. The van der Waals surface area contributed by atoms with Gasteiger partial charge in [-0.05, 0) is 25.0 Å². The van der Waals surface area contributed by atoms with Crippen molar-refractivity contribution in [3.8, 4) is 0 Å². The molecule has 1 aromatic rings. The molecule has 0 aromatic carbocycles. The van der Waals surface area contributed by atoms with Crippen molar-refractivity contribution >= 4 is 23.6 Å². The zero-order valence-corrected chi connectivity index (χ0v) is 12.2. The first kappa shape index (κ1) is 13.4. The molecule has 0 bridgehead atoms. The highest BCUT2D eigenvalue weighted by molar-refractivity contribution is 8.01. The third-order valence-corrected chi connectivity index (χ3v) is 5.44. The van der Waals surface area contributed by atoms with Crippen molar-refractivity contribution in [2.24, 2.45) is 0 Å². The second-order valence-electron chi connectivity index (χ2n) is 5.34. The molecule has 106 valence electrons. The number of amides is 2. The Hall–Kier alpha value is -1.56. The van der Waals surface area contributed by atoms with Crippen LogP contribution in [0.5, 0.6) is 0 Å². The van der Waals surface area contributed by atoms with Gasteiger partial charge in [0.1, 0.15) is 6.04 Å². The lowest BCUT2D eigenvalue weighted by molar-refractivity contribution is -0.138. The number of pyridine rings is 1. The highest BCUT2D eigenvalue weighted by Crippen LogP contribution is 2.47. The predicted molar refractivity (Wildman–Crippen MR) is 76.8 cm³/mol. The summed E-state index contributed by atoms with van der Waals surface area (Å²) in [5.41, 5.74) is 0.960. The molecular formula is C14H17N3O2S. The molecule has 2 saturated heterocycles. The molecule has 6 heteroatoms. The lowest BCUT2D eigenvalue weighted by atomic mass is 10.2. The van der Waals surface area contributed by atoms with Crippen molar-refractivity contribution in [1.82, 2.24) is 15.2 Å². The summed E-state index contributed by atoms with van der Waals surface area (Å²) in [4.78, 5) is 29.9. The van der Waals surface area contributed by atoms with Crippen LogP contribution in [0.1, 0.15) is 25.3 Å². The van der Waals surface area contributed by atoms with Gasteiger partial charge < -0.3 is 10.2 Å². The van der Waals surface area contributed by atoms with E-state index in [0.29, 0.717) is 18.7 Å². The highest BCUT2D eigenvalue weighted by atomic mass is 32.2. The molecule has 2 atom stereocenters. The lowest BCUT2D eigenvalue weighted by Gasteiger charge is -2.29. The Bertz CT molecular complexity index is 536. The SMILES string of the molecule is C[C@]12CCC(=O)N1[C@H](C(=O)NCc1cccnc1)CS2. The topological polar surface area (TPSA) is 62.3 Å². The average Bonchev–Trinajstić information content (AvgIpc) is 2.95. The van der Waals surface area contributed by atoms with Gasteiger partial charge in [-0.25, -0.2) is 0 Å². The summed E-state index contributed by atoms with van der Waals surface area (Å²) in [6.07, 6.45) is 4.82. The van der Waals surface area contributed by atoms with E-state index in [2.05, 4.69) is 17.2 Å². The summed E-state index contributed by atoms with van der Waals surface area (Å²) in [6.45, 7) is 2.50. The molecule has 2 aliphatic rings. The van der Waals surface area contributed by atoms with Crippen molar-refractivity contribution in [2.75, 3.05) is 5.75 Å². The van der Waals surface area contributed by atoms with Crippen LogP contribution in [0, 0.1) is 0 Å². The molecule has 2 amide bonds. The van der Waals surface area contributed by atoms with Gasteiger partial charge in [-0.1, -0.05) is 6.07 Å². The Morgan fingerprint density at radius 3 is 3.25 bits per heavy atom. The summed E-state index contributed by atoms with van der Waals surface area (Å²) in [5.74, 6) is 0.709. The quantitative estimate of drug-likeness (QED) is 0.907. The second kappa shape index (κ2) is 5.09. The van der Waals surface area contributed by atoms with Gasteiger partial charge in [0.25, 0.3) is 0 Å². The predicted octanol–water partition coefficient (Wildman–Crippen LogP) is 1.15. The third kappa shape index (κ3) is 2.28. The van der Waals surface area contributed by atoms with Crippen LogP contribution in [0.4, 0.5) is 0 Å². The molecule has 0 unspecified atom stereocenters. The number of rotatable bonds is 3. The maximum absolute atomic E-state index is 12.3. The number of hydrogen-bond acceptors (Lipinski definition) is 4. The average molecular weight is 291 g/mol. The maximum Gasteiger partial charge on any atom is 0.243 e. The fourth-order valence-corrected chi connectivity index (χ4v) is 4.26.